The fraction of sp³-hybridized carbons (Fsp3) is 0.240. The lowest BCUT2D eigenvalue weighted by Gasteiger charge is -2.17. The number of amides is 1. The molecule has 5 nitrogen and oxygen atoms in total. The summed E-state index contributed by atoms with van der Waals surface area (Å²) in [6.07, 6.45) is 2.46. The number of rotatable bonds is 8. The van der Waals surface area contributed by atoms with Gasteiger partial charge in [0.25, 0.3) is 0 Å². The Bertz CT molecular complexity index is 1200. The molecular weight excluding hydrogens is 488 g/mol. The Labute approximate surface area is 197 Å². The number of hydrogen-bond donors (Lipinski definition) is 1. The van der Waals surface area contributed by atoms with Gasteiger partial charge in [0, 0.05) is 29.7 Å². The number of sulfonamides is 1. The minimum absolute atomic E-state index is 0.0883. The molecule has 1 amide bonds. The summed E-state index contributed by atoms with van der Waals surface area (Å²) in [4.78, 5) is 14.8. The van der Waals surface area contributed by atoms with Crippen LogP contribution in [0.15, 0.2) is 82.2 Å². The maximum atomic E-state index is 12.7. The SMILES string of the molecule is O=C(CCc1ccc(S(=O)(=O)NCCc2ccccc2)cc1)N1CCc2cc(Br)ccc21. The fourth-order valence-corrected chi connectivity index (χ4v) is 5.35. The quantitative estimate of drug-likeness (QED) is 0.483. The number of nitrogens with one attached hydrogen (secondary N) is 1. The summed E-state index contributed by atoms with van der Waals surface area (Å²) in [5, 5.41) is 0. The zero-order valence-electron chi connectivity index (χ0n) is 17.6. The summed E-state index contributed by atoms with van der Waals surface area (Å²) in [5.41, 5.74) is 4.20. The highest BCUT2D eigenvalue weighted by molar-refractivity contribution is 9.10. The van der Waals surface area contributed by atoms with Crippen LogP contribution in [-0.2, 0) is 34.1 Å². The van der Waals surface area contributed by atoms with E-state index in [1.54, 1.807) is 24.3 Å². The van der Waals surface area contributed by atoms with Gasteiger partial charge in [0.2, 0.25) is 15.9 Å². The molecule has 1 N–H and O–H groups in total. The third kappa shape index (κ3) is 5.46. The molecule has 1 heterocycles. The van der Waals surface area contributed by atoms with Crippen molar-refractivity contribution < 1.29 is 13.2 Å². The minimum atomic E-state index is -3.56. The van der Waals surface area contributed by atoms with Gasteiger partial charge in [0.1, 0.15) is 0 Å². The Morgan fingerprint density at radius 3 is 2.41 bits per heavy atom. The van der Waals surface area contributed by atoms with Crippen molar-refractivity contribution >= 4 is 37.5 Å². The Balaban J connectivity index is 1.30. The lowest BCUT2D eigenvalue weighted by atomic mass is 10.1. The van der Waals surface area contributed by atoms with E-state index in [-0.39, 0.29) is 10.8 Å². The second-order valence-electron chi connectivity index (χ2n) is 7.85. The Kier molecular flexibility index (Phi) is 7.08. The van der Waals surface area contributed by atoms with E-state index in [0.29, 0.717) is 32.4 Å². The van der Waals surface area contributed by atoms with E-state index in [0.717, 1.165) is 27.7 Å². The molecule has 166 valence electrons. The first-order valence-corrected chi connectivity index (χ1v) is 12.9. The molecule has 4 rings (SSSR count). The number of carbonyl (C=O) groups excluding carboxylic acids is 1. The number of fused-ring (bicyclic) bond motifs is 1. The van der Waals surface area contributed by atoms with Crippen LogP contribution in [0.1, 0.15) is 23.1 Å². The first kappa shape index (κ1) is 22.7. The van der Waals surface area contributed by atoms with Crippen molar-refractivity contribution in [2.24, 2.45) is 0 Å². The van der Waals surface area contributed by atoms with Gasteiger partial charge in [-0.3, -0.25) is 4.79 Å². The third-order valence-corrected chi connectivity index (χ3v) is 7.62. The Morgan fingerprint density at radius 1 is 0.938 bits per heavy atom. The van der Waals surface area contributed by atoms with E-state index in [1.807, 2.05) is 47.4 Å². The molecule has 0 saturated heterocycles. The zero-order chi connectivity index (χ0) is 22.6. The molecular formula is C25H25BrN2O3S. The first-order chi connectivity index (χ1) is 15.4. The number of benzene rings is 3. The molecule has 0 unspecified atom stereocenters. The van der Waals surface area contributed by atoms with E-state index in [1.165, 1.54) is 5.56 Å². The summed E-state index contributed by atoms with van der Waals surface area (Å²) < 4.78 is 28.8. The van der Waals surface area contributed by atoms with Crippen LogP contribution in [0.2, 0.25) is 0 Å². The van der Waals surface area contributed by atoms with Gasteiger partial charge in [-0.1, -0.05) is 58.4 Å². The Morgan fingerprint density at radius 2 is 1.66 bits per heavy atom. The summed E-state index contributed by atoms with van der Waals surface area (Å²) in [6.45, 7) is 1.05. The van der Waals surface area contributed by atoms with Crippen molar-refractivity contribution in [1.29, 1.82) is 0 Å². The van der Waals surface area contributed by atoms with Crippen LogP contribution >= 0.6 is 15.9 Å². The zero-order valence-corrected chi connectivity index (χ0v) is 20.0. The molecule has 0 spiro atoms. The van der Waals surface area contributed by atoms with Crippen LogP contribution in [0.5, 0.6) is 0 Å². The maximum Gasteiger partial charge on any atom is 0.240 e. The molecule has 1 aliphatic rings. The van der Waals surface area contributed by atoms with Gasteiger partial charge in [-0.15, -0.1) is 0 Å². The second kappa shape index (κ2) is 9.98. The van der Waals surface area contributed by atoms with E-state index < -0.39 is 10.0 Å². The lowest BCUT2D eigenvalue weighted by Crippen LogP contribution is -2.29. The van der Waals surface area contributed by atoms with Crippen LogP contribution < -0.4 is 9.62 Å². The summed E-state index contributed by atoms with van der Waals surface area (Å²) in [6, 6.07) is 22.6. The number of halogens is 1. The van der Waals surface area contributed by atoms with Crippen LogP contribution in [0.25, 0.3) is 0 Å². The summed E-state index contributed by atoms with van der Waals surface area (Å²) in [7, 11) is -3.56. The van der Waals surface area contributed by atoms with Gasteiger partial charge in [0.15, 0.2) is 0 Å². The standard InChI is InChI=1S/C25H25BrN2O3S/c26-22-9-12-24-21(18-22)15-17-28(24)25(29)13-8-20-6-10-23(11-7-20)32(30,31)27-16-14-19-4-2-1-3-5-19/h1-7,9-12,18,27H,8,13-17H2. The maximum absolute atomic E-state index is 12.7. The van der Waals surface area contributed by atoms with Crippen molar-refractivity contribution in [2.75, 3.05) is 18.0 Å². The minimum Gasteiger partial charge on any atom is -0.312 e. The third-order valence-electron chi connectivity index (χ3n) is 5.65. The second-order valence-corrected chi connectivity index (χ2v) is 10.5. The molecule has 0 saturated carbocycles. The molecule has 0 aromatic heterocycles. The molecule has 0 bridgehead atoms. The fourth-order valence-electron chi connectivity index (χ4n) is 3.91. The molecule has 0 aliphatic carbocycles. The molecule has 0 atom stereocenters. The van der Waals surface area contributed by atoms with E-state index in [4.69, 9.17) is 0 Å². The van der Waals surface area contributed by atoms with Gasteiger partial charge < -0.3 is 4.90 Å². The van der Waals surface area contributed by atoms with E-state index in [9.17, 15) is 13.2 Å². The largest absolute Gasteiger partial charge is 0.312 e. The number of carbonyl (C=O) groups is 1. The van der Waals surface area contributed by atoms with Crippen molar-refractivity contribution in [3.05, 3.63) is 94.0 Å². The predicted octanol–water partition coefficient (Wildman–Crippen LogP) is 4.49. The van der Waals surface area contributed by atoms with Gasteiger partial charge in [-0.25, -0.2) is 13.1 Å². The van der Waals surface area contributed by atoms with E-state index in [2.05, 4.69) is 26.7 Å². The van der Waals surface area contributed by atoms with Crippen molar-refractivity contribution in [3.8, 4) is 0 Å². The highest BCUT2D eigenvalue weighted by Gasteiger charge is 2.24. The first-order valence-electron chi connectivity index (χ1n) is 10.6. The molecule has 1 aliphatic heterocycles. The Hall–Kier alpha value is -2.48. The van der Waals surface area contributed by atoms with Crippen molar-refractivity contribution in [3.63, 3.8) is 0 Å². The normalized spacial score (nSPS) is 13.2. The smallest absolute Gasteiger partial charge is 0.240 e. The van der Waals surface area contributed by atoms with Crippen LogP contribution in [0, 0.1) is 0 Å². The topological polar surface area (TPSA) is 66.5 Å². The molecule has 32 heavy (non-hydrogen) atoms. The van der Waals surface area contributed by atoms with Gasteiger partial charge in [-0.05, 0) is 66.3 Å². The number of anilines is 1. The number of nitrogens with zero attached hydrogens (tertiary/aromatic N) is 1. The van der Waals surface area contributed by atoms with Crippen LogP contribution in [0.3, 0.4) is 0 Å². The number of hydrogen-bond acceptors (Lipinski definition) is 3. The monoisotopic (exact) mass is 512 g/mol. The van der Waals surface area contributed by atoms with Crippen LogP contribution in [0.4, 0.5) is 5.69 Å². The van der Waals surface area contributed by atoms with Gasteiger partial charge >= 0.3 is 0 Å². The van der Waals surface area contributed by atoms with Gasteiger partial charge in [0.05, 0.1) is 4.90 Å². The average Bonchev–Trinajstić information content (AvgIpc) is 3.21. The average molecular weight is 513 g/mol. The molecule has 3 aromatic rings. The molecule has 3 aromatic carbocycles. The number of aryl methyl sites for hydroxylation is 1. The molecule has 7 heteroatoms. The molecule has 0 fully saturated rings. The summed E-state index contributed by atoms with van der Waals surface area (Å²) in [5.74, 6) is 0.0883. The van der Waals surface area contributed by atoms with Crippen molar-refractivity contribution in [2.45, 2.75) is 30.6 Å². The highest BCUT2D eigenvalue weighted by Crippen LogP contribution is 2.31. The molecule has 0 radical (unpaired) electrons. The highest BCUT2D eigenvalue weighted by atomic mass is 79.9. The lowest BCUT2D eigenvalue weighted by molar-refractivity contribution is -0.118. The summed E-state index contributed by atoms with van der Waals surface area (Å²) >= 11 is 3.48. The van der Waals surface area contributed by atoms with Crippen molar-refractivity contribution in [1.82, 2.24) is 4.72 Å². The van der Waals surface area contributed by atoms with Crippen LogP contribution in [-0.4, -0.2) is 27.4 Å². The van der Waals surface area contributed by atoms with Gasteiger partial charge in [-0.2, -0.15) is 0 Å². The van der Waals surface area contributed by atoms with E-state index >= 15 is 0 Å². The predicted molar refractivity (Wildman–Crippen MR) is 130 cm³/mol.